The summed E-state index contributed by atoms with van der Waals surface area (Å²) in [5, 5.41) is 0. The number of carbonyl (C=O) groups is 2. The third-order valence-corrected chi connectivity index (χ3v) is 6.12. The van der Waals surface area contributed by atoms with E-state index < -0.39 is 20.9 Å². The Balaban J connectivity index is 2.34. The van der Waals surface area contributed by atoms with Gasteiger partial charge in [0.25, 0.3) is 0 Å². The maximum absolute atomic E-state index is 12.4. The second-order valence-corrected chi connectivity index (χ2v) is 7.70. The Morgan fingerprint density at radius 3 is 1.86 bits per heavy atom. The fraction of sp³-hybridized carbons (Fsp3) is 0.111. The van der Waals surface area contributed by atoms with Gasteiger partial charge in [0.1, 0.15) is 0 Å². The Hall–Kier alpha value is -1.89. The summed E-state index contributed by atoms with van der Waals surface area (Å²) in [6.45, 7) is 0. The molecule has 0 aliphatic heterocycles. The van der Waals surface area contributed by atoms with Gasteiger partial charge in [-0.2, -0.15) is 0 Å². The van der Waals surface area contributed by atoms with Crippen LogP contribution in [-0.2, 0) is 0 Å². The first-order chi connectivity index (χ1) is 10.6. The number of ketones is 1. The van der Waals surface area contributed by atoms with Gasteiger partial charge in [0.2, 0.25) is 0 Å². The standard InChI is InChI=1S/C18H17NO2Te/c1-19(2)18(21)22-17(15-11-7-4-8-12-15)13-16(20)14-9-5-3-6-10-14/h3-13H,1-2H3/b17-13-. The molecular weight excluding hydrogens is 390 g/mol. The summed E-state index contributed by atoms with van der Waals surface area (Å²) in [5.74, 6) is -0.0592. The van der Waals surface area contributed by atoms with E-state index in [0.29, 0.717) is 5.56 Å². The molecule has 0 bridgehead atoms. The van der Waals surface area contributed by atoms with Crippen molar-refractivity contribution in [2.45, 2.75) is 0 Å². The van der Waals surface area contributed by atoms with E-state index in [1.54, 1.807) is 37.2 Å². The van der Waals surface area contributed by atoms with Gasteiger partial charge in [-0.15, -0.1) is 0 Å². The van der Waals surface area contributed by atoms with Gasteiger partial charge in [-0.1, -0.05) is 0 Å². The zero-order valence-electron chi connectivity index (χ0n) is 12.5. The van der Waals surface area contributed by atoms with Gasteiger partial charge < -0.3 is 0 Å². The quantitative estimate of drug-likeness (QED) is 0.434. The van der Waals surface area contributed by atoms with Crippen molar-refractivity contribution >= 4 is 34.3 Å². The fourth-order valence-electron chi connectivity index (χ4n) is 1.76. The van der Waals surface area contributed by atoms with E-state index in [1.807, 2.05) is 48.5 Å². The Kier molecular flexibility index (Phi) is 5.94. The Bertz CT molecular complexity index is 679. The number of allylic oxidation sites excluding steroid dienone is 1. The molecule has 22 heavy (non-hydrogen) atoms. The van der Waals surface area contributed by atoms with Crippen LogP contribution in [0.5, 0.6) is 0 Å². The molecule has 0 unspecified atom stereocenters. The second kappa shape index (κ2) is 7.93. The molecule has 0 fully saturated rings. The summed E-state index contributed by atoms with van der Waals surface area (Å²) < 4.78 is 0.958. The topological polar surface area (TPSA) is 37.4 Å². The molecule has 0 heterocycles. The van der Waals surface area contributed by atoms with Crippen LogP contribution in [0.3, 0.4) is 0 Å². The van der Waals surface area contributed by atoms with Crippen molar-refractivity contribution in [3.05, 3.63) is 77.9 Å². The first kappa shape index (κ1) is 16.5. The minimum absolute atomic E-state index is 0.0592. The summed E-state index contributed by atoms with van der Waals surface area (Å²) >= 11 is -1.13. The van der Waals surface area contributed by atoms with Crippen molar-refractivity contribution in [2.75, 3.05) is 14.1 Å². The Morgan fingerprint density at radius 2 is 1.36 bits per heavy atom. The summed E-state index contributed by atoms with van der Waals surface area (Å²) in [4.78, 5) is 26.1. The van der Waals surface area contributed by atoms with E-state index >= 15 is 0 Å². The van der Waals surface area contributed by atoms with E-state index in [2.05, 4.69) is 0 Å². The number of amides is 1. The molecule has 0 saturated carbocycles. The molecule has 3 nitrogen and oxygen atoms in total. The zero-order valence-corrected chi connectivity index (χ0v) is 14.9. The minimum atomic E-state index is -1.13. The fourth-order valence-corrected chi connectivity index (χ4v) is 4.02. The SMILES string of the molecule is CN(C)C(=O)[Te]/C(=C\C(=O)c1ccccc1)c1ccccc1. The molecule has 0 radical (unpaired) electrons. The van der Waals surface area contributed by atoms with Gasteiger partial charge in [0.05, 0.1) is 0 Å². The second-order valence-electron chi connectivity index (χ2n) is 4.87. The van der Waals surface area contributed by atoms with Crippen molar-refractivity contribution in [2.24, 2.45) is 0 Å². The van der Waals surface area contributed by atoms with Gasteiger partial charge in [-0.05, 0) is 0 Å². The molecule has 0 aliphatic rings. The molecule has 112 valence electrons. The summed E-state index contributed by atoms with van der Waals surface area (Å²) in [6.07, 6.45) is 1.62. The van der Waals surface area contributed by atoms with Crippen LogP contribution in [-0.4, -0.2) is 49.7 Å². The van der Waals surface area contributed by atoms with Gasteiger partial charge in [-0.3, -0.25) is 0 Å². The third-order valence-electron chi connectivity index (χ3n) is 2.94. The molecule has 1 amide bonds. The monoisotopic (exact) mass is 409 g/mol. The molecule has 0 aromatic heterocycles. The first-order valence-corrected chi connectivity index (χ1v) is 9.16. The van der Waals surface area contributed by atoms with E-state index in [1.165, 1.54) is 0 Å². The van der Waals surface area contributed by atoms with Gasteiger partial charge in [0.15, 0.2) is 0 Å². The molecule has 4 heteroatoms. The molecule has 2 rings (SSSR count). The summed E-state index contributed by atoms with van der Waals surface area (Å²) in [5.41, 5.74) is 1.59. The molecule has 0 N–H and O–H groups in total. The van der Waals surface area contributed by atoms with Crippen molar-refractivity contribution in [3.63, 3.8) is 0 Å². The molecule has 0 spiro atoms. The van der Waals surface area contributed by atoms with E-state index in [0.717, 1.165) is 9.18 Å². The van der Waals surface area contributed by atoms with Gasteiger partial charge in [0, 0.05) is 0 Å². The van der Waals surface area contributed by atoms with Crippen LogP contribution in [0.25, 0.3) is 3.62 Å². The predicted octanol–water partition coefficient (Wildman–Crippen LogP) is 3.30. The van der Waals surface area contributed by atoms with E-state index in [-0.39, 0.29) is 9.74 Å². The Labute approximate surface area is 140 Å². The average molecular weight is 407 g/mol. The first-order valence-electron chi connectivity index (χ1n) is 6.83. The van der Waals surface area contributed by atoms with Crippen molar-refractivity contribution in [1.82, 2.24) is 4.90 Å². The number of benzene rings is 2. The normalized spacial score (nSPS) is 11.1. The van der Waals surface area contributed by atoms with Crippen molar-refractivity contribution < 1.29 is 9.59 Å². The molecular formula is C18H17NO2Te. The summed E-state index contributed by atoms with van der Waals surface area (Å²) in [6, 6.07) is 18.8. The number of hydrogen-bond acceptors (Lipinski definition) is 2. The van der Waals surface area contributed by atoms with Crippen molar-refractivity contribution in [1.29, 1.82) is 0 Å². The van der Waals surface area contributed by atoms with Crippen LogP contribution in [0, 0.1) is 0 Å². The third kappa shape index (κ3) is 4.56. The van der Waals surface area contributed by atoms with E-state index in [4.69, 9.17) is 0 Å². The van der Waals surface area contributed by atoms with Crippen LogP contribution in [0.1, 0.15) is 15.9 Å². The van der Waals surface area contributed by atoms with Crippen molar-refractivity contribution in [3.8, 4) is 0 Å². The van der Waals surface area contributed by atoms with Gasteiger partial charge >= 0.3 is 141 Å². The molecule has 0 saturated heterocycles. The van der Waals surface area contributed by atoms with E-state index in [9.17, 15) is 9.59 Å². The Morgan fingerprint density at radius 1 is 0.864 bits per heavy atom. The maximum atomic E-state index is 12.4. The predicted molar refractivity (Wildman–Crippen MR) is 90.0 cm³/mol. The van der Waals surface area contributed by atoms with Crippen LogP contribution in [0.2, 0.25) is 0 Å². The van der Waals surface area contributed by atoms with Crippen LogP contribution < -0.4 is 0 Å². The average Bonchev–Trinajstić information content (AvgIpc) is 2.55. The van der Waals surface area contributed by atoms with Crippen LogP contribution >= 0.6 is 0 Å². The number of hydrogen-bond donors (Lipinski definition) is 0. The van der Waals surface area contributed by atoms with Crippen LogP contribution in [0.15, 0.2) is 66.7 Å². The van der Waals surface area contributed by atoms with Crippen LogP contribution in [0.4, 0.5) is 4.79 Å². The molecule has 2 aromatic rings. The molecule has 2 aromatic carbocycles. The zero-order chi connectivity index (χ0) is 15.9. The molecule has 0 atom stereocenters. The molecule has 0 aliphatic carbocycles. The van der Waals surface area contributed by atoms with Gasteiger partial charge in [-0.25, -0.2) is 0 Å². The number of rotatable bonds is 5. The summed E-state index contributed by atoms with van der Waals surface area (Å²) in [7, 11) is 3.49. The number of carbonyl (C=O) groups excluding carboxylic acids is 2. The number of nitrogens with zero attached hydrogens (tertiary/aromatic N) is 1.